The largest absolute Gasteiger partial charge is 0.384 e. The van der Waals surface area contributed by atoms with Crippen molar-refractivity contribution in [3.05, 3.63) is 83.7 Å². The van der Waals surface area contributed by atoms with E-state index in [9.17, 15) is 4.79 Å². The van der Waals surface area contributed by atoms with Crippen LogP contribution in [0.1, 0.15) is 24.0 Å². The Labute approximate surface area is 206 Å². The van der Waals surface area contributed by atoms with Crippen molar-refractivity contribution in [2.45, 2.75) is 25.3 Å². The van der Waals surface area contributed by atoms with Crippen molar-refractivity contribution in [2.24, 2.45) is 5.73 Å². The van der Waals surface area contributed by atoms with Crippen molar-refractivity contribution in [1.82, 2.24) is 4.90 Å². The van der Waals surface area contributed by atoms with Gasteiger partial charge < -0.3 is 20.9 Å². The highest BCUT2D eigenvalue weighted by Crippen LogP contribution is 2.34. The molecular formula is C28H32FN5O. The van der Waals surface area contributed by atoms with E-state index in [1.54, 1.807) is 29.2 Å². The van der Waals surface area contributed by atoms with Crippen LogP contribution in [0.15, 0.2) is 66.7 Å². The summed E-state index contributed by atoms with van der Waals surface area (Å²) >= 11 is 0. The first-order chi connectivity index (χ1) is 16.8. The lowest BCUT2D eigenvalue weighted by atomic mass is 9.95. The number of hydrogen-bond donors (Lipinski definition) is 3. The Bertz CT molecular complexity index is 1210. The fourth-order valence-electron chi connectivity index (χ4n) is 4.51. The molecule has 4 rings (SSSR count). The molecule has 1 fully saturated rings. The molecule has 1 unspecified atom stereocenters. The summed E-state index contributed by atoms with van der Waals surface area (Å²) in [7, 11) is 3.94. The number of likely N-dealkylation sites (N-methyl/N-ethyl adjacent to an activating group) is 1. The number of nitrogen functional groups attached to an aromatic ring is 1. The number of carbonyl (C=O) groups excluding carboxylic acids is 1. The van der Waals surface area contributed by atoms with Gasteiger partial charge in [-0.15, -0.1) is 0 Å². The summed E-state index contributed by atoms with van der Waals surface area (Å²) in [6.45, 7) is 1.17. The summed E-state index contributed by atoms with van der Waals surface area (Å²) < 4.78 is 16.1. The van der Waals surface area contributed by atoms with Crippen LogP contribution in [0.4, 0.5) is 15.8 Å². The van der Waals surface area contributed by atoms with Crippen molar-refractivity contribution in [3.63, 3.8) is 0 Å². The zero-order chi connectivity index (χ0) is 24.9. The minimum atomic E-state index is -0.482. The summed E-state index contributed by atoms with van der Waals surface area (Å²) in [4.78, 5) is 17.1. The molecule has 1 aliphatic rings. The molecule has 3 aromatic rings. The van der Waals surface area contributed by atoms with Crippen LogP contribution in [0.2, 0.25) is 0 Å². The van der Waals surface area contributed by atoms with Gasteiger partial charge in [0.2, 0.25) is 5.91 Å². The van der Waals surface area contributed by atoms with Gasteiger partial charge in [0.25, 0.3) is 0 Å². The molecule has 1 saturated heterocycles. The smallest absolute Gasteiger partial charge is 0.249 e. The Morgan fingerprint density at radius 2 is 1.91 bits per heavy atom. The molecule has 1 heterocycles. The quantitative estimate of drug-likeness (QED) is 0.332. The molecule has 6 nitrogen and oxygen atoms in total. The molecule has 0 saturated carbocycles. The highest BCUT2D eigenvalue weighted by atomic mass is 19.1. The summed E-state index contributed by atoms with van der Waals surface area (Å²) in [5.41, 5.74) is 9.67. The predicted octanol–water partition coefficient (Wildman–Crippen LogP) is 4.49. The third-order valence-electron chi connectivity index (χ3n) is 6.36. The Morgan fingerprint density at radius 3 is 2.63 bits per heavy atom. The van der Waals surface area contributed by atoms with Gasteiger partial charge in [0.1, 0.15) is 11.9 Å². The number of halogens is 1. The molecule has 182 valence electrons. The second-order valence-corrected chi connectivity index (χ2v) is 9.17. The van der Waals surface area contributed by atoms with Gasteiger partial charge in [0.05, 0.1) is 5.69 Å². The lowest BCUT2D eigenvalue weighted by Gasteiger charge is -2.34. The van der Waals surface area contributed by atoms with Crippen molar-refractivity contribution >= 4 is 23.1 Å². The van der Waals surface area contributed by atoms with Gasteiger partial charge in [0.15, 0.2) is 5.82 Å². The lowest BCUT2D eigenvalue weighted by Crippen LogP contribution is -2.48. The van der Waals surface area contributed by atoms with E-state index < -0.39 is 6.04 Å². The minimum Gasteiger partial charge on any atom is -0.384 e. The van der Waals surface area contributed by atoms with Crippen molar-refractivity contribution in [2.75, 3.05) is 37.4 Å². The van der Waals surface area contributed by atoms with Crippen LogP contribution in [0.5, 0.6) is 0 Å². The average molecular weight is 474 g/mol. The fraction of sp³-hybridized carbons (Fsp3) is 0.286. The van der Waals surface area contributed by atoms with Gasteiger partial charge in [-0.25, -0.2) is 4.39 Å². The number of rotatable bonds is 8. The number of nitrogens with one attached hydrogen (secondary N) is 2. The van der Waals surface area contributed by atoms with Crippen molar-refractivity contribution in [1.29, 1.82) is 5.41 Å². The molecule has 0 aromatic heterocycles. The third-order valence-corrected chi connectivity index (χ3v) is 6.36. The molecule has 1 aliphatic heterocycles. The van der Waals surface area contributed by atoms with Gasteiger partial charge >= 0.3 is 0 Å². The zero-order valence-corrected chi connectivity index (χ0v) is 20.2. The third kappa shape index (κ3) is 5.52. The molecule has 0 bridgehead atoms. The second-order valence-electron chi connectivity index (χ2n) is 9.17. The number of amides is 1. The molecule has 7 heteroatoms. The first-order valence-corrected chi connectivity index (χ1v) is 11.9. The van der Waals surface area contributed by atoms with E-state index in [0.29, 0.717) is 48.4 Å². The number of amidine groups is 1. The normalized spacial score (nSPS) is 15.9. The fourth-order valence-corrected chi connectivity index (χ4v) is 4.51. The Morgan fingerprint density at radius 1 is 1.14 bits per heavy atom. The molecule has 4 N–H and O–H groups in total. The number of nitrogens with zero attached hydrogens (tertiary/aromatic N) is 2. The van der Waals surface area contributed by atoms with Crippen LogP contribution in [0.25, 0.3) is 11.1 Å². The number of benzene rings is 3. The first kappa shape index (κ1) is 24.4. The number of carbonyl (C=O) groups is 1. The van der Waals surface area contributed by atoms with Gasteiger partial charge in [-0.2, -0.15) is 0 Å². The molecule has 35 heavy (non-hydrogen) atoms. The van der Waals surface area contributed by atoms with Gasteiger partial charge in [-0.05, 0) is 68.2 Å². The summed E-state index contributed by atoms with van der Waals surface area (Å²) in [5.74, 6) is -0.522. The molecule has 1 atom stereocenters. The highest BCUT2D eigenvalue weighted by molar-refractivity contribution is 6.00. The number of hydrogen-bond acceptors (Lipinski definition) is 4. The summed E-state index contributed by atoms with van der Waals surface area (Å²) in [6.07, 6.45) is 1.94. The molecule has 0 radical (unpaired) electrons. The summed E-state index contributed by atoms with van der Waals surface area (Å²) in [5, 5.41) is 10.9. The van der Waals surface area contributed by atoms with E-state index in [-0.39, 0.29) is 17.6 Å². The Hall–Kier alpha value is -3.71. The molecule has 3 aromatic carbocycles. The van der Waals surface area contributed by atoms with Crippen LogP contribution >= 0.6 is 0 Å². The maximum Gasteiger partial charge on any atom is 0.249 e. The maximum absolute atomic E-state index is 16.1. The van der Waals surface area contributed by atoms with E-state index in [1.807, 2.05) is 61.5 Å². The molecule has 1 amide bonds. The zero-order valence-electron chi connectivity index (χ0n) is 20.2. The molecule has 0 spiro atoms. The SMILES string of the molecule is CN(C)CCc1c(-c2ccccc2)ccc(N2CCCC(Nc3cccc(C(=N)N)c3)C2=O)c1F. The highest BCUT2D eigenvalue weighted by Gasteiger charge is 2.32. The van der Waals surface area contributed by atoms with Crippen molar-refractivity contribution < 1.29 is 9.18 Å². The number of nitrogens with two attached hydrogens (primary N) is 1. The Kier molecular flexibility index (Phi) is 7.46. The minimum absolute atomic E-state index is 0.0314. The van der Waals surface area contributed by atoms with Crippen LogP contribution in [0, 0.1) is 11.2 Å². The van der Waals surface area contributed by atoms with Gasteiger partial charge in [0, 0.05) is 24.3 Å². The Balaban J connectivity index is 1.64. The predicted molar refractivity (Wildman–Crippen MR) is 141 cm³/mol. The lowest BCUT2D eigenvalue weighted by molar-refractivity contribution is -0.120. The monoisotopic (exact) mass is 473 g/mol. The van der Waals surface area contributed by atoms with Gasteiger partial charge in [-0.1, -0.05) is 48.5 Å². The van der Waals surface area contributed by atoms with Crippen LogP contribution in [-0.4, -0.2) is 49.9 Å². The maximum atomic E-state index is 16.1. The van der Waals surface area contributed by atoms with Crippen LogP contribution in [0.3, 0.4) is 0 Å². The first-order valence-electron chi connectivity index (χ1n) is 11.9. The second kappa shape index (κ2) is 10.7. The van der Waals surface area contributed by atoms with Crippen molar-refractivity contribution in [3.8, 4) is 11.1 Å². The van der Waals surface area contributed by atoms with E-state index in [4.69, 9.17) is 11.1 Å². The summed E-state index contributed by atoms with van der Waals surface area (Å²) in [6, 6.07) is 20.1. The standard InChI is InChI=1S/C28H32FN5O/c1-33(2)17-15-23-22(19-8-4-3-5-9-19)13-14-25(26(23)29)34-16-7-12-24(28(34)35)32-21-11-6-10-20(18-21)27(30)31/h3-6,8-11,13-14,18,24,32H,7,12,15-17H2,1-2H3,(H3,30,31). The molecular weight excluding hydrogens is 441 g/mol. The molecule has 0 aliphatic carbocycles. The van der Waals surface area contributed by atoms with E-state index in [1.165, 1.54) is 0 Å². The average Bonchev–Trinajstić information content (AvgIpc) is 2.85. The van der Waals surface area contributed by atoms with Gasteiger partial charge in [-0.3, -0.25) is 10.2 Å². The van der Waals surface area contributed by atoms with E-state index in [0.717, 1.165) is 17.5 Å². The van der Waals surface area contributed by atoms with Crippen LogP contribution in [-0.2, 0) is 11.2 Å². The topological polar surface area (TPSA) is 85.4 Å². The van der Waals surface area contributed by atoms with E-state index in [2.05, 4.69) is 5.32 Å². The van der Waals surface area contributed by atoms with Crippen LogP contribution < -0.4 is 16.0 Å². The number of anilines is 2. The number of piperidine rings is 1. The van der Waals surface area contributed by atoms with E-state index >= 15 is 4.39 Å².